The van der Waals surface area contributed by atoms with Gasteiger partial charge >= 0.3 is 0 Å². The van der Waals surface area contributed by atoms with Crippen LogP contribution in [0.3, 0.4) is 0 Å². The molecule has 0 aliphatic heterocycles. The Morgan fingerprint density at radius 1 is 0.833 bits per heavy atom. The number of thiophene rings is 2. The molecule has 0 atom stereocenters. The van der Waals surface area contributed by atoms with E-state index in [9.17, 15) is 8.42 Å². The fourth-order valence-electron chi connectivity index (χ4n) is 2.36. The van der Waals surface area contributed by atoms with E-state index in [2.05, 4.69) is 36.6 Å². The van der Waals surface area contributed by atoms with Crippen molar-refractivity contribution in [1.29, 1.82) is 0 Å². The maximum atomic E-state index is 11.1. The summed E-state index contributed by atoms with van der Waals surface area (Å²) in [5, 5.41) is 9.47. The molecule has 0 amide bonds. The van der Waals surface area contributed by atoms with Gasteiger partial charge in [0.2, 0.25) is 10.0 Å². The standard InChI is InChI=1S/C9H9NO2S2.C9H8S/c1-6-2-3-8-7(4-6)5-9(13-8)14(10,11)12;1-7-2-3-9-8(6-7)4-5-10-9/h2-5H,1H3,(H2,10,11,12);2-6H,1H3. The summed E-state index contributed by atoms with van der Waals surface area (Å²) in [6, 6.07) is 16.1. The summed E-state index contributed by atoms with van der Waals surface area (Å²) in [5.74, 6) is 0. The number of hydrogen-bond donors (Lipinski definition) is 1. The van der Waals surface area contributed by atoms with Gasteiger partial charge in [-0.15, -0.1) is 22.7 Å². The number of nitrogens with two attached hydrogens (primary N) is 1. The first-order chi connectivity index (χ1) is 11.3. The largest absolute Gasteiger partial charge is 0.247 e. The molecule has 0 spiro atoms. The number of rotatable bonds is 1. The monoisotopic (exact) mass is 375 g/mol. The second kappa shape index (κ2) is 6.64. The Labute approximate surface area is 149 Å². The lowest BCUT2D eigenvalue weighted by Crippen LogP contribution is -2.09. The van der Waals surface area contributed by atoms with Gasteiger partial charge < -0.3 is 0 Å². The molecule has 24 heavy (non-hydrogen) atoms. The van der Waals surface area contributed by atoms with E-state index in [-0.39, 0.29) is 4.21 Å². The molecule has 2 N–H and O–H groups in total. The Morgan fingerprint density at radius 3 is 2.12 bits per heavy atom. The SMILES string of the molecule is Cc1ccc2sc(S(N)(=O)=O)cc2c1.Cc1ccc2sccc2c1. The maximum absolute atomic E-state index is 11.1. The van der Waals surface area contributed by atoms with Gasteiger partial charge in [0.15, 0.2) is 0 Å². The minimum absolute atomic E-state index is 0.220. The summed E-state index contributed by atoms with van der Waals surface area (Å²) in [7, 11) is -3.56. The van der Waals surface area contributed by atoms with E-state index in [1.54, 1.807) is 17.4 Å². The van der Waals surface area contributed by atoms with Crippen LogP contribution in [0.5, 0.6) is 0 Å². The van der Waals surface area contributed by atoms with Crippen molar-refractivity contribution in [2.24, 2.45) is 5.14 Å². The van der Waals surface area contributed by atoms with Crippen LogP contribution in [0.15, 0.2) is 58.1 Å². The topological polar surface area (TPSA) is 60.2 Å². The summed E-state index contributed by atoms with van der Waals surface area (Å²) in [5.41, 5.74) is 2.45. The number of aryl methyl sites for hydroxylation is 2. The molecule has 0 unspecified atom stereocenters. The molecule has 4 rings (SSSR count). The molecule has 0 saturated heterocycles. The minimum atomic E-state index is -3.56. The molecule has 2 heterocycles. The van der Waals surface area contributed by atoms with Gasteiger partial charge in [-0.25, -0.2) is 13.6 Å². The Kier molecular flexibility index (Phi) is 4.73. The fourth-order valence-corrected chi connectivity index (χ4v) is 4.94. The van der Waals surface area contributed by atoms with Crippen molar-refractivity contribution in [2.75, 3.05) is 0 Å². The summed E-state index contributed by atoms with van der Waals surface area (Å²) in [4.78, 5) is 0. The van der Waals surface area contributed by atoms with Crippen molar-refractivity contribution >= 4 is 52.9 Å². The van der Waals surface area contributed by atoms with Crippen LogP contribution in [0.25, 0.3) is 20.2 Å². The zero-order chi connectivity index (χ0) is 17.3. The van der Waals surface area contributed by atoms with Crippen LogP contribution in [-0.2, 0) is 10.0 Å². The quantitative estimate of drug-likeness (QED) is 0.505. The number of hydrogen-bond acceptors (Lipinski definition) is 4. The van der Waals surface area contributed by atoms with E-state index in [0.717, 1.165) is 15.6 Å². The number of primary sulfonamides is 1. The molecule has 2 aromatic carbocycles. The Hall–Kier alpha value is -1.73. The first-order valence-corrected chi connectivity index (χ1v) is 10.5. The van der Waals surface area contributed by atoms with Gasteiger partial charge in [0.05, 0.1) is 0 Å². The Morgan fingerprint density at radius 2 is 1.46 bits per heavy atom. The second-order valence-electron chi connectivity index (χ2n) is 5.61. The fraction of sp³-hybridized carbons (Fsp3) is 0.111. The smallest absolute Gasteiger partial charge is 0.224 e. The average Bonchev–Trinajstić information content (AvgIpc) is 3.12. The van der Waals surface area contributed by atoms with Gasteiger partial charge in [-0.05, 0) is 54.3 Å². The Balaban J connectivity index is 0.000000149. The van der Waals surface area contributed by atoms with Crippen molar-refractivity contribution < 1.29 is 8.42 Å². The van der Waals surface area contributed by atoms with Crippen molar-refractivity contribution in [3.05, 3.63) is 65.0 Å². The van der Waals surface area contributed by atoms with Crippen molar-refractivity contribution in [1.82, 2.24) is 0 Å². The van der Waals surface area contributed by atoms with Crippen LogP contribution < -0.4 is 5.14 Å². The molecule has 0 saturated carbocycles. The molecular formula is C18H17NO2S3. The van der Waals surface area contributed by atoms with Crippen LogP contribution in [0.2, 0.25) is 0 Å². The average molecular weight is 376 g/mol. The predicted octanol–water partition coefficient (Wildman–Crippen LogP) is 5.07. The summed E-state index contributed by atoms with van der Waals surface area (Å²) in [6.07, 6.45) is 0. The third-order valence-corrected chi connectivity index (χ3v) is 6.97. The van der Waals surface area contributed by atoms with E-state index < -0.39 is 10.0 Å². The summed E-state index contributed by atoms with van der Waals surface area (Å²) < 4.78 is 24.7. The van der Waals surface area contributed by atoms with Crippen LogP contribution >= 0.6 is 22.7 Å². The molecule has 0 aliphatic carbocycles. The van der Waals surface area contributed by atoms with E-state index in [0.29, 0.717) is 0 Å². The van der Waals surface area contributed by atoms with E-state index in [4.69, 9.17) is 5.14 Å². The molecule has 6 heteroatoms. The highest BCUT2D eigenvalue weighted by Crippen LogP contribution is 2.28. The lowest BCUT2D eigenvalue weighted by molar-refractivity contribution is 0.600. The highest BCUT2D eigenvalue weighted by atomic mass is 32.2. The minimum Gasteiger partial charge on any atom is -0.224 e. The molecule has 0 radical (unpaired) electrons. The van der Waals surface area contributed by atoms with Crippen LogP contribution in [0.1, 0.15) is 11.1 Å². The van der Waals surface area contributed by atoms with Crippen molar-refractivity contribution in [3.8, 4) is 0 Å². The number of fused-ring (bicyclic) bond motifs is 2. The molecule has 2 aromatic heterocycles. The highest BCUT2D eigenvalue weighted by molar-refractivity contribution is 7.91. The third-order valence-electron chi connectivity index (χ3n) is 3.54. The van der Waals surface area contributed by atoms with E-state index in [1.165, 1.54) is 27.0 Å². The molecule has 0 fully saturated rings. The van der Waals surface area contributed by atoms with Gasteiger partial charge in [-0.3, -0.25) is 0 Å². The molecule has 3 nitrogen and oxygen atoms in total. The van der Waals surface area contributed by atoms with Crippen LogP contribution in [0.4, 0.5) is 0 Å². The van der Waals surface area contributed by atoms with E-state index in [1.807, 2.05) is 25.1 Å². The molecule has 0 aliphatic rings. The molecule has 0 bridgehead atoms. The zero-order valence-corrected chi connectivity index (χ0v) is 15.8. The van der Waals surface area contributed by atoms with Crippen LogP contribution in [0, 0.1) is 13.8 Å². The molecule has 124 valence electrons. The lowest BCUT2D eigenvalue weighted by Gasteiger charge is -1.89. The number of sulfonamides is 1. The second-order valence-corrected chi connectivity index (χ2v) is 9.43. The lowest BCUT2D eigenvalue weighted by atomic mass is 10.2. The van der Waals surface area contributed by atoms with E-state index >= 15 is 0 Å². The van der Waals surface area contributed by atoms with Gasteiger partial charge in [0, 0.05) is 9.40 Å². The van der Waals surface area contributed by atoms with Crippen molar-refractivity contribution in [3.63, 3.8) is 0 Å². The van der Waals surface area contributed by atoms with Crippen molar-refractivity contribution in [2.45, 2.75) is 18.1 Å². The maximum Gasteiger partial charge on any atom is 0.247 e. The van der Waals surface area contributed by atoms with Crippen LogP contribution in [-0.4, -0.2) is 8.42 Å². The van der Waals surface area contributed by atoms with Gasteiger partial charge in [-0.1, -0.05) is 35.4 Å². The molecule has 4 aromatic rings. The molecular weight excluding hydrogens is 358 g/mol. The first-order valence-electron chi connectivity index (χ1n) is 7.30. The zero-order valence-electron chi connectivity index (χ0n) is 13.3. The summed E-state index contributed by atoms with van der Waals surface area (Å²) in [6.45, 7) is 4.09. The van der Waals surface area contributed by atoms with Gasteiger partial charge in [0.1, 0.15) is 4.21 Å². The van der Waals surface area contributed by atoms with Gasteiger partial charge in [0.25, 0.3) is 0 Å². The Bertz CT molecular complexity index is 1110. The summed E-state index contributed by atoms with van der Waals surface area (Å²) >= 11 is 3.00. The predicted molar refractivity (Wildman–Crippen MR) is 104 cm³/mol. The third kappa shape index (κ3) is 3.84. The highest BCUT2D eigenvalue weighted by Gasteiger charge is 2.11. The number of benzene rings is 2. The van der Waals surface area contributed by atoms with Gasteiger partial charge in [-0.2, -0.15) is 0 Å². The first kappa shape index (κ1) is 17.1. The normalized spacial score (nSPS) is 11.5.